The quantitative estimate of drug-likeness (QED) is 0.942. The Morgan fingerprint density at radius 1 is 1.33 bits per heavy atom. The van der Waals surface area contributed by atoms with Gasteiger partial charge >= 0.3 is 0 Å². The predicted octanol–water partition coefficient (Wildman–Crippen LogP) is 3.39. The van der Waals surface area contributed by atoms with Gasteiger partial charge in [-0.2, -0.15) is 0 Å². The van der Waals surface area contributed by atoms with Crippen molar-refractivity contribution in [1.82, 2.24) is 9.55 Å². The largest absolute Gasteiger partial charge is 0.487 e. The number of imidazole rings is 1. The van der Waals surface area contributed by atoms with Crippen molar-refractivity contribution in [3.05, 3.63) is 40.6 Å². The Morgan fingerprint density at radius 2 is 2.00 bits per heavy atom. The molecular weight excluding hydrogens is 294 g/mol. The van der Waals surface area contributed by atoms with Gasteiger partial charge in [0.05, 0.1) is 11.9 Å². The summed E-state index contributed by atoms with van der Waals surface area (Å²) in [6.45, 7) is 4.60. The van der Waals surface area contributed by atoms with Crippen molar-refractivity contribution in [3.63, 3.8) is 0 Å². The Morgan fingerprint density at radius 3 is 2.61 bits per heavy atom. The molecular formula is C13H16BrN3O. The molecule has 0 saturated carbocycles. The lowest BCUT2D eigenvalue weighted by Gasteiger charge is -2.14. The molecule has 1 aromatic carbocycles. The maximum absolute atomic E-state index is 5.82. The normalized spacial score (nSPS) is 10.9. The molecule has 2 rings (SSSR count). The molecule has 0 unspecified atom stereocenters. The Balaban J connectivity index is 2.08. The topological polar surface area (TPSA) is 53.1 Å². The molecule has 4 nitrogen and oxygen atoms in total. The van der Waals surface area contributed by atoms with Crippen LogP contribution in [0, 0.1) is 0 Å². The third-order valence-corrected chi connectivity index (χ3v) is 3.15. The van der Waals surface area contributed by atoms with Gasteiger partial charge in [-0.1, -0.05) is 15.9 Å². The molecule has 0 aliphatic rings. The highest BCUT2D eigenvalue weighted by Gasteiger charge is 2.10. The highest BCUT2D eigenvalue weighted by atomic mass is 79.9. The first-order valence-electron chi connectivity index (χ1n) is 5.78. The molecule has 5 heteroatoms. The zero-order chi connectivity index (χ0) is 13.1. The van der Waals surface area contributed by atoms with Crippen LogP contribution in [-0.2, 0) is 6.61 Å². The maximum Gasteiger partial charge on any atom is 0.200 e. The minimum atomic E-state index is 0.274. The van der Waals surface area contributed by atoms with Crippen molar-refractivity contribution < 1.29 is 4.74 Å². The van der Waals surface area contributed by atoms with Crippen LogP contribution < -0.4 is 10.5 Å². The molecule has 0 amide bonds. The summed E-state index contributed by atoms with van der Waals surface area (Å²) in [6.07, 6.45) is 1.76. The minimum absolute atomic E-state index is 0.274. The molecule has 1 aromatic heterocycles. The number of aromatic nitrogens is 2. The molecule has 0 aliphatic heterocycles. The van der Waals surface area contributed by atoms with Gasteiger partial charge in [0.15, 0.2) is 0 Å². The van der Waals surface area contributed by atoms with Gasteiger partial charge in [-0.25, -0.2) is 4.98 Å². The van der Waals surface area contributed by atoms with E-state index in [2.05, 4.69) is 34.8 Å². The van der Waals surface area contributed by atoms with Crippen molar-refractivity contribution in [2.24, 2.45) is 0 Å². The van der Waals surface area contributed by atoms with Crippen molar-refractivity contribution in [3.8, 4) is 5.75 Å². The fraction of sp³-hybridized carbons (Fsp3) is 0.308. The third-order valence-electron chi connectivity index (χ3n) is 2.62. The van der Waals surface area contributed by atoms with Crippen LogP contribution in [0.3, 0.4) is 0 Å². The molecule has 96 valence electrons. The maximum atomic E-state index is 5.82. The van der Waals surface area contributed by atoms with Crippen molar-refractivity contribution in [2.45, 2.75) is 26.5 Å². The summed E-state index contributed by atoms with van der Waals surface area (Å²) in [5, 5.41) is 0. The van der Waals surface area contributed by atoms with E-state index in [1.165, 1.54) is 0 Å². The fourth-order valence-corrected chi connectivity index (χ4v) is 2.07. The number of nitrogens with two attached hydrogens (primary N) is 1. The van der Waals surface area contributed by atoms with E-state index in [4.69, 9.17) is 10.5 Å². The number of rotatable bonds is 4. The second-order valence-corrected chi connectivity index (χ2v) is 5.23. The second-order valence-electron chi connectivity index (χ2n) is 4.31. The Hall–Kier alpha value is -1.49. The van der Waals surface area contributed by atoms with Crippen molar-refractivity contribution in [1.29, 1.82) is 0 Å². The fourth-order valence-electron chi connectivity index (χ4n) is 1.80. The summed E-state index contributed by atoms with van der Waals surface area (Å²) >= 11 is 3.39. The number of hydrogen-bond acceptors (Lipinski definition) is 3. The van der Waals surface area contributed by atoms with Gasteiger partial charge in [0.25, 0.3) is 0 Å². The SMILES string of the molecule is CC(C)n1c(COc2ccc(Br)cc2)cnc1N. The van der Waals surface area contributed by atoms with Crippen molar-refractivity contribution in [2.75, 3.05) is 5.73 Å². The number of halogens is 1. The number of nitrogen functional groups attached to an aromatic ring is 1. The van der Waals surface area contributed by atoms with Crippen LogP contribution in [0.15, 0.2) is 34.9 Å². The molecule has 1 heterocycles. The first kappa shape index (κ1) is 13.0. The first-order chi connectivity index (χ1) is 8.58. The summed E-state index contributed by atoms with van der Waals surface area (Å²) in [5.41, 5.74) is 6.80. The van der Waals surface area contributed by atoms with Gasteiger partial charge in [0, 0.05) is 10.5 Å². The highest BCUT2D eigenvalue weighted by Crippen LogP contribution is 2.19. The van der Waals surface area contributed by atoms with E-state index in [0.29, 0.717) is 12.6 Å². The van der Waals surface area contributed by atoms with Crippen LogP contribution in [0.1, 0.15) is 25.6 Å². The van der Waals surface area contributed by atoms with Gasteiger partial charge in [-0.15, -0.1) is 0 Å². The number of benzene rings is 1. The van der Waals surface area contributed by atoms with Crippen LogP contribution in [0.5, 0.6) is 5.75 Å². The van der Waals surface area contributed by atoms with Crippen LogP contribution >= 0.6 is 15.9 Å². The van der Waals surface area contributed by atoms with Crippen molar-refractivity contribution >= 4 is 21.9 Å². The molecule has 0 spiro atoms. The van der Waals surface area contributed by atoms with Gasteiger partial charge in [0.2, 0.25) is 5.95 Å². The molecule has 0 aliphatic carbocycles. The summed E-state index contributed by atoms with van der Waals surface area (Å²) in [6, 6.07) is 8.01. The minimum Gasteiger partial charge on any atom is -0.487 e. The van der Waals surface area contributed by atoms with Gasteiger partial charge < -0.3 is 15.0 Å². The van der Waals surface area contributed by atoms with E-state index in [9.17, 15) is 0 Å². The van der Waals surface area contributed by atoms with Crippen LogP contribution in [-0.4, -0.2) is 9.55 Å². The molecule has 18 heavy (non-hydrogen) atoms. The number of nitrogens with zero attached hydrogens (tertiary/aromatic N) is 2. The lowest BCUT2D eigenvalue weighted by Crippen LogP contribution is -2.11. The average molecular weight is 310 g/mol. The number of hydrogen-bond donors (Lipinski definition) is 1. The first-order valence-corrected chi connectivity index (χ1v) is 6.57. The molecule has 0 atom stereocenters. The lowest BCUT2D eigenvalue weighted by molar-refractivity contribution is 0.292. The van der Waals surface area contributed by atoms with Crippen LogP contribution in [0.4, 0.5) is 5.95 Å². The van der Waals surface area contributed by atoms with E-state index >= 15 is 0 Å². The Kier molecular flexibility index (Phi) is 3.91. The Labute approximate surface area is 115 Å². The standard InChI is InChI=1S/C13H16BrN3O/c1-9(2)17-11(7-16-13(17)15)8-18-12-5-3-10(14)4-6-12/h3-7,9H,8H2,1-2H3,(H2,15,16). The molecule has 0 radical (unpaired) electrons. The summed E-state index contributed by atoms with van der Waals surface area (Å²) < 4.78 is 8.72. The number of ether oxygens (including phenoxy) is 1. The molecule has 2 aromatic rings. The third kappa shape index (κ3) is 2.85. The number of anilines is 1. The molecule has 2 N–H and O–H groups in total. The lowest BCUT2D eigenvalue weighted by atomic mass is 10.3. The van der Waals surface area contributed by atoms with Crippen LogP contribution in [0.25, 0.3) is 0 Å². The summed E-state index contributed by atoms with van der Waals surface area (Å²) in [5.74, 6) is 1.35. The van der Waals surface area contributed by atoms with Gasteiger partial charge in [0.1, 0.15) is 12.4 Å². The van der Waals surface area contributed by atoms with Gasteiger partial charge in [-0.05, 0) is 38.1 Å². The monoisotopic (exact) mass is 309 g/mol. The van der Waals surface area contributed by atoms with E-state index in [1.54, 1.807) is 6.20 Å². The van der Waals surface area contributed by atoms with E-state index < -0.39 is 0 Å². The van der Waals surface area contributed by atoms with E-state index in [-0.39, 0.29) is 6.04 Å². The Bertz CT molecular complexity index is 520. The predicted molar refractivity (Wildman–Crippen MR) is 75.5 cm³/mol. The van der Waals surface area contributed by atoms with Gasteiger partial charge in [-0.3, -0.25) is 0 Å². The smallest absolute Gasteiger partial charge is 0.200 e. The zero-order valence-corrected chi connectivity index (χ0v) is 12.0. The highest BCUT2D eigenvalue weighted by molar-refractivity contribution is 9.10. The summed E-state index contributed by atoms with van der Waals surface area (Å²) in [7, 11) is 0. The van der Waals surface area contributed by atoms with Crippen LogP contribution in [0.2, 0.25) is 0 Å². The summed E-state index contributed by atoms with van der Waals surface area (Å²) in [4.78, 5) is 4.12. The molecule has 0 bridgehead atoms. The molecule has 0 saturated heterocycles. The zero-order valence-electron chi connectivity index (χ0n) is 10.4. The van der Waals surface area contributed by atoms with E-state index in [1.807, 2.05) is 28.8 Å². The van der Waals surface area contributed by atoms with E-state index in [0.717, 1.165) is 15.9 Å². The average Bonchev–Trinajstić information content (AvgIpc) is 2.70. The second kappa shape index (κ2) is 5.44. The molecule has 0 fully saturated rings.